The summed E-state index contributed by atoms with van der Waals surface area (Å²) in [6.07, 6.45) is 4.67. The number of hydrogen-bond donors (Lipinski definition) is 1. The Morgan fingerprint density at radius 3 is 2.95 bits per heavy atom. The van der Waals surface area contributed by atoms with E-state index in [1.807, 2.05) is 12.1 Å². The molecule has 1 N–H and O–H groups in total. The fraction of sp³-hybridized carbons (Fsp3) is 0.0714. The summed E-state index contributed by atoms with van der Waals surface area (Å²) < 4.78 is 15.0. The molecule has 0 bridgehead atoms. The lowest BCUT2D eigenvalue weighted by Crippen LogP contribution is -2.06. The summed E-state index contributed by atoms with van der Waals surface area (Å²) in [5.41, 5.74) is 1.56. The highest BCUT2D eigenvalue weighted by Crippen LogP contribution is 2.19. The van der Waals surface area contributed by atoms with Crippen molar-refractivity contribution >= 4 is 17.3 Å². The first-order valence-electron chi connectivity index (χ1n) is 6.22. The van der Waals surface area contributed by atoms with E-state index in [4.69, 9.17) is 11.6 Å². The number of pyridine rings is 1. The third kappa shape index (κ3) is 3.00. The highest BCUT2D eigenvalue weighted by Gasteiger charge is 2.07. The second-order valence-electron chi connectivity index (χ2n) is 4.32. The Balaban J connectivity index is 1.81. The number of rotatable bonds is 4. The van der Waals surface area contributed by atoms with Crippen LogP contribution in [0.25, 0.3) is 5.82 Å². The smallest absolute Gasteiger partial charge is 0.178 e. The van der Waals surface area contributed by atoms with Crippen LogP contribution in [0.15, 0.2) is 49.2 Å². The standard InChI is InChI=1S/C14H11ClFN5/c15-11-4-3-10(6-12(11)16)7-19-13-2-1-5-18-14(13)21-9-17-8-20-21/h1-6,8-9,19H,7H2. The quantitative estimate of drug-likeness (QED) is 0.805. The minimum absolute atomic E-state index is 0.114. The van der Waals surface area contributed by atoms with Crippen LogP contribution in [0, 0.1) is 5.82 Å². The molecule has 0 fully saturated rings. The molecular weight excluding hydrogens is 293 g/mol. The molecule has 3 rings (SSSR count). The highest BCUT2D eigenvalue weighted by molar-refractivity contribution is 6.30. The van der Waals surface area contributed by atoms with E-state index in [0.29, 0.717) is 12.4 Å². The van der Waals surface area contributed by atoms with Crippen molar-refractivity contribution < 1.29 is 4.39 Å². The predicted octanol–water partition coefficient (Wildman–Crippen LogP) is 3.07. The predicted molar refractivity (Wildman–Crippen MR) is 77.9 cm³/mol. The van der Waals surface area contributed by atoms with Gasteiger partial charge in [-0.2, -0.15) is 5.10 Å². The number of halogens is 2. The summed E-state index contributed by atoms with van der Waals surface area (Å²) in [7, 11) is 0. The maximum atomic E-state index is 13.4. The maximum absolute atomic E-state index is 13.4. The molecular formula is C14H11ClFN5. The fourth-order valence-corrected chi connectivity index (χ4v) is 2.00. The zero-order chi connectivity index (χ0) is 14.7. The second kappa shape index (κ2) is 5.88. The van der Waals surface area contributed by atoms with Gasteiger partial charge < -0.3 is 5.32 Å². The summed E-state index contributed by atoms with van der Waals surface area (Å²) in [6.45, 7) is 0.446. The molecule has 2 aromatic heterocycles. The van der Waals surface area contributed by atoms with Gasteiger partial charge in [-0.25, -0.2) is 19.0 Å². The SMILES string of the molecule is Fc1cc(CNc2cccnc2-n2cncn2)ccc1Cl. The van der Waals surface area contributed by atoms with Gasteiger partial charge in [0.25, 0.3) is 0 Å². The lowest BCUT2D eigenvalue weighted by Gasteiger charge is -2.10. The van der Waals surface area contributed by atoms with Gasteiger partial charge in [-0.05, 0) is 29.8 Å². The molecule has 0 aliphatic carbocycles. The number of aromatic nitrogens is 4. The molecule has 0 saturated carbocycles. The van der Waals surface area contributed by atoms with Gasteiger partial charge in [-0.15, -0.1) is 0 Å². The molecule has 0 saturated heterocycles. The Labute approximate surface area is 125 Å². The number of hydrogen-bond acceptors (Lipinski definition) is 4. The lowest BCUT2D eigenvalue weighted by atomic mass is 10.2. The molecule has 0 atom stereocenters. The molecule has 21 heavy (non-hydrogen) atoms. The maximum Gasteiger partial charge on any atom is 0.178 e. The van der Waals surface area contributed by atoms with Gasteiger partial charge in [0.2, 0.25) is 0 Å². The number of anilines is 1. The largest absolute Gasteiger partial charge is 0.378 e. The minimum atomic E-state index is -0.432. The Hall–Kier alpha value is -2.47. The summed E-state index contributed by atoms with van der Waals surface area (Å²) in [5, 5.41) is 7.37. The van der Waals surface area contributed by atoms with Gasteiger partial charge in [0, 0.05) is 12.7 Å². The molecule has 7 heteroatoms. The molecule has 0 radical (unpaired) electrons. The fourth-order valence-electron chi connectivity index (χ4n) is 1.88. The van der Waals surface area contributed by atoms with E-state index in [2.05, 4.69) is 20.4 Å². The third-order valence-corrected chi connectivity index (χ3v) is 3.20. The van der Waals surface area contributed by atoms with Gasteiger partial charge >= 0.3 is 0 Å². The van der Waals surface area contributed by atoms with E-state index in [9.17, 15) is 4.39 Å². The molecule has 0 amide bonds. The van der Waals surface area contributed by atoms with Crippen molar-refractivity contribution in [3.63, 3.8) is 0 Å². The van der Waals surface area contributed by atoms with Crippen molar-refractivity contribution in [2.75, 3.05) is 5.32 Å². The zero-order valence-corrected chi connectivity index (χ0v) is 11.6. The number of nitrogens with one attached hydrogen (secondary N) is 1. The molecule has 106 valence electrons. The lowest BCUT2D eigenvalue weighted by molar-refractivity contribution is 0.626. The monoisotopic (exact) mass is 303 g/mol. The Morgan fingerprint density at radius 1 is 1.29 bits per heavy atom. The molecule has 0 unspecified atom stereocenters. The van der Waals surface area contributed by atoms with Crippen LogP contribution in [0.3, 0.4) is 0 Å². The van der Waals surface area contributed by atoms with Crippen LogP contribution in [0.2, 0.25) is 5.02 Å². The van der Waals surface area contributed by atoms with E-state index >= 15 is 0 Å². The van der Waals surface area contributed by atoms with Crippen molar-refractivity contribution in [1.29, 1.82) is 0 Å². The Bertz CT molecular complexity index is 745. The average Bonchev–Trinajstić information content (AvgIpc) is 3.03. The Morgan fingerprint density at radius 2 is 2.19 bits per heavy atom. The van der Waals surface area contributed by atoms with Crippen molar-refractivity contribution in [3.05, 3.63) is 65.6 Å². The molecule has 1 aromatic carbocycles. The van der Waals surface area contributed by atoms with Crippen LogP contribution < -0.4 is 5.32 Å². The zero-order valence-electron chi connectivity index (χ0n) is 10.9. The van der Waals surface area contributed by atoms with Crippen molar-refractivity contribution in [2.45, 2.75) is 6.54 Å². The summed E-state index contributed by atoms with van der Waals surface area (Å²) in [5.74, 6) is 0.197. The first-order chi connectivity index (χ1) is 10.2. The van der Waals surface area contributed by atoms with Gasteiger partial charge in [0.1, 0.15) is 18.5 Å². The number of benzene rings is 1. The van der Waals surface area contributed by atoms with Crippen LogP contribution in [-0.2, 0) is 6.54 Å². The van der Waals surface area contributed by atoms with Crippen LogP contribution in [0.5, 0.6) is 0 Å². The van der Waals surface area contributed by atoms with Crippen LogP contribution >= 0.6 is 11.6 Å². The van der Waals surface area contributed by atoms with Gasteiger partial charge in [-0.3, -0.25) is 0 Å². The average molecular weight is 304 g/mol. The molecule has 2 heterocycles. The summed E-state index contributed by atoms with van der Waals surface area (Å²) in [4.78, 5) is 8.17. The minimum Gasteiger partial charge on any atom is -0.378 e. The molecule has 0 aliphatic rings. The normalized spacial score (nSPS) is 10.6. The molecule has 0 spiro atoms. The molecule has 5 nitrogen and oxygen atoms in total. The van der Waals surface area contributed by atoms with Gasteiger partial charge in [-0.1, -0.05) is 17.7 Å². The van der Waals surface area contributed by atoms with Crippen molar-refractivity contribution in [3.8, 4) is 5.82 Å². The topological polar surface area (TPSA) is 55.6 Å². The van der Waals surface area contributed by atoms with E-state index in [1.165, 1.54) is 18.5 Å². The van der Waals surface area contributed by atoms with E-state index < -0.39 is 5.82 Å². The second-order valence-corrected chi connectivity index (χ2v) is 4.72. The summed E-state index contributed by atoms with van der Waals surface area (Å²) in [6, 6.07) is 8.39. The van der Waals surface area contributed by atoms with E-state index in [1.54, 1.807) is 23.3 Å². The van der Waals surface area contributed by atoms with Gasteiger partial charge in [0.05, 0.1) is 10.7 Å². The van der Waals surface area contributed by atoms with Gasteiger partial charge in [0.15, 0.2) is 5.82 Å². The highest BCUT2D eigenvalue weighted by atomic mass is 35.5. The number of nitrogens with zero attached hydrogens (tertiary/aromatic N) is 4. The van der Waals surface area contributed by atoms with Crippen LogP contribution in [0.4, 0.5) is 10.1 Å². The third-order valence-electron chi connectivity index (χ3n) is 2.89. The first-order valence-corrected chi connectivity index (χ1v) is 6.59. The molecule has 0 aliphatic heterocycles. The Kier molecular flexibility index (Phi) is 3.79. The summed E-state index contributed by atoms with van der Waals surface area (Å²) >= 11 is 5.67. The molecule has 3 aromatic rings. The first kappa shape index (κ1) is 13.5. The van der Waals surface area contributed by atoms with Crippen LogP contribution in [-0.4, -0.2) is 19.7 Å². The van der Waals surface area contributed by atoms with Crippen molar-refractivity contribution in [1.82, 2.24) is 19.7 Å². The van der Waals surface area contributed by atoms with E-state index in [-0.39, 0.29) is 5.02 Å². The van der Waals surface area contributed by atoms with E-state index in [0.717, 1.165) is 11.3 Å². The van der Waals surface area contributed by atoms with Crippen LogP contribution in [0.1, 0.15) is 5.56 Å². The van der Waals surface area contributed by atoms with Crippen molar-refractivity contribution in [2.24, 2.45) is 0 Å².